The molecule has 1 amide bonds. The van der Waals surface area contributed by atoms with Gasteiger partial charge >= 0.3 is 0 Å². The highest BCUT2D eigenvalue weighted by Crippen LogP contribution is 2.28. The van der Waals surface area contributed by atoms with Crippen molar-refractivity contribution in [1.82, 2.24) is 9.80 Å². The number of hydrogen-bond acceptors (Lipinski definition) is 6. The quantitative estimate of drug-likeness (QED) is 0.532. The van der Waals surface area contributed by atoms with Crippen molar-refractivity contribution in [2.24, 2.45) is 0 Å². The Morgan fingerprint density at radius 2 is 1.90 bits per heavy atom. The van der Waals surface area contributed by atoms with Crippen LogP contribution in [0.4, 0.5) is 5.69 Å². The van der Waals surface area contributed by atoms with E-state index >= 15 is 0 Å². The number of benzene rings is 2. The summed E-state index contributed by atoms with van der Waals surface area (Å²) in [6.07, 6.45) is 0. The van der Waals surface area contributed by atoms with E-state index in [1.54, 1.807) is 4.90 Å². The lowest BCUT2D eigenvalue weighted by Gasteiger charge is -2.37. The monoisotopic (exact) mass is 414 g/mol. The number of rotatable bonds is 6. The molecule has 0 N–H and O–H groups in total. The van der Waals surface area contributed by atoms with Gasteiger partial charge in [0, 0.05) is 38.3 Å². The van der Waals surface area contributed by atoms with Crippen molar-refractivity contribution in [2.45, 2.75) is 6.04 Å². The molecule has 1 aliphatic rings. The second kappa shape index (κ2) is 9.37. The SMILES string of the molecule is N#CC(c1ccccc1)N1CCN(C(=O)COc2ccc([N+](=O)[O-])cc2Cl)CC1. The molecule has 0 bridgehead atoms. The Morgan fingerprint density at radius 3 is 2.48 bits per heavy atom. The third kappa shape index (κ3) is 5.02. The van der Waals surface area contributed by atoms with Crippen LogP contribution in [0.15, 0.2) is 48.5 Å². The molecule has 1 heterocycles. The van der Waals surface area contributed by atoms with E-state index in [1.165, 1.54) is 18.2 Å². The van der Waals surface area contributed by atoms with Crippen molar-refractivity contribution in [3.63, 3.8) is 0 Å². The lowest BCUT2D eigenvalue weighted by molar-refractivity contribution is -0.384. The molecular weight excluding hydrogens is 396 g/mol. The number of nitro groups is 1. The van der Waals surface area contributed by atoms with E-state index in [2.05, 4.69) is 6.07 Å². The van der Waals surface area contributed by atoms with E-state index in [0.29, 0.717) is 26.2 Å². The Hall–Kier alpha value is -3.15. The molecule has 3 rings (SSSR count). The van der Waals surface area contributed by atoms with Crippen LogP contribution in [-0.2, 0) is 4.79 Å². The van der Waals surface area contributed by atoms with Crippen molar-refractivity contribution < 1.29 is 14.5 Å². The maximum Gasteiger partial charge on any atom is 0.271 e. The Kier molecular flexibility index (Phi) is 6.65. The van der Waals surface area contributed by atoms with E-state index in [-0.39, 0.29) is 35.0 Å². The summed E-state index contributed by atoms with van der Waals surface area (Å²) in [6, 6.07) is 15.4. The maximum absolute atomic E-state index is 12.4. The highest BCUT2D eigenvalue weighted by molar-refractivity contribution is 6.32. The van der Waals surface area contributed by atoms with Gasteiger partial charge in [0.1, 0.15) is 11.8 Å². The van der Waals surface area contributed by atoms with Gasteiger partial charge in [0.05, 0.1) is 16.0 Å². The van der Waals surface area contributed by atoms with Gasteiger partial charge in [0.2, 0.25) is 0 Å². The van der Waals surface area contributed by atoms with E-state index in [4.69, 9.17) is 16.3 Å². The minimum absolute atomic E-state index is 0.0801. The number of carbonyl (C=O) groups is 1. The lowest BCUT2D eigenvalue weighted by Crippen LogP contribution is -2.50. The van der Waals surface area contributed by atoms with Crippen LogP contribution in [0.1, 0.15) is 11.6 Å². The standard InChI is InChI=1S/C20H19ClN4O4/c21-17-12-16(25(27)28)6-7-19(17)29-14-20(26)24-10-8-23(9-11-24)18(13-22)15-4-2-1-3-5-15/h1-7,12,18H,8-11,14H2. The Labute approximate surface area is 173 Å². The van der Waals surface area contributed by atoms with E-state index in [1.807, 2.05) is 35.2 Å². The molecular formula is C20H19ClN4O4. The predicted octanol–water partition coefficient (Wildman–Crippen LogP) is 3.04. The normalized spacial score (nSPS) is 15.4. The number of non-ortho nitro benzene ring substituents is 1. The first-order valence-electron chi connectivity index (χ1n) is 9.02. The molecule has 0 radical (unpaired) electrons. The number of carbonyl (C=O) groups excluding carboxylic acids is 1. The van der Waals surface area contributed by atoms with Gasteiger partial charge in [-0.2, -0.15) is 5.26 Å². The van der Waals surface area contributed by atoms with Gasteiger partial charge in [0.15, 0.2) is 6.61 Å². The van der Waals surface area contributed by atoms with Crippen molar-refractivity contribution in [3.05, 3.63) is 69.2 Å². The Bertz CT molecular complexity index is 924. The highest BCUT2D eigenvalue weighted by Gasteiger charge is 2.27. The summed E-state index contributed by atoms with van der Waals surface area (Å²) in [5.74, 6) is 0.0187. The third-order valence-electron chi connectivity index (χ3n) is 4.75. The number of ether oxygens (including phenoxy) is 1. The van der Waals surface area contributed by atoms with Gasteiger partial charge in [0.25, 0.3) is 11.6 Å². The fraction of sp³-hybridized carbons (Fsp3) is 0.300. The Balaban J connectivity index is 1.53. The number of nitrogens with zero attached hydrogens (tertiary/aromatic N) is 4. The fourth-order valence-corrected chi connectivity index (χ4v) is 3.41. The topological polar surface area (TPSA) is 99.7 Å². The molecule has 0 spiro atoms. The summed E-state index contributed by atoms with van der Waals surface area (Å²) in [4.78, 5) is 26.4. The van der Waals surface area contributed by atoms with Gasteiger partial charge in [-0.05, 0) is 11.6 Å². The van der Waals surface area contributed by atoms with Gasteiger partial charge in [-0.15, -0.1) is 0 Å². The van der Waals surface area contributed by atoms with Crippen molar-refractivity contribution >= 4 is 23.2 Å². The molecule has 8 nitrogen and oxygen atoms in total. The van der Waals surface area contributed by atoms with Crippen LogP contribution in [0.2, 0.25) is 5.02 Å². The summed E-state index contributed by atoms with van der Waals surface area (Å²) in [6.45, 7) is 1.93. The molecule has 1 unspecified atom stereocenters. The predicted molar refractivity (Wildman–Crippen MR) is 107 cm³/mol. The molecule has 0 aromatic heterocycles. The second-order valence-electron chi connectivity index (χ2n) is 6.52. The first-order valence-corrected chi connectivity index (χ1v) is 9.40. The maximum atomic E-state index is 12.4. The zero-order valence-electron chi connectivity index (χ0n) is 15.5. The number of hydrogen-bond donors (Lipinski definition) is 0. The first-order chi connectivity index (χ1) is 14.0. The molecule has 0 aliphatic carbocycles. The molecule has 0 saturated carbocycles. The summed E-state index contributed by atoms with van der Waals surface area (Å²) < 4.78 is 5.44. The number of nitro benzene ring substituents is 1. The number of halogens is 1. The van der Waals surface area contributed by atoms with Crippen molar-refractivity contribution in [1.29, 1.82) is 5.26 Å². The van der Waals surface area contributed by atoms with Gasteiger partial charge in [-0.1, -0.05) is 41.9 Å². The van der Waals surface area contributed by atoms with Crippen molar-refractivity contribution in [2.75, 3.05) is 32.8 Å². The van der Waals surface area contributed by atoms with Crippen LogP contribution in [0.5, 0.6) is 5.75 Å². The first kappa shape index (κ1) is 20.6. The number of piperazine rings is 1. The van der Waals surface area contributed by atoms with Gasteiger partial charge in [-0.25, -0.2) is 0 Å². The second-order valence-corrected chi connectivity index (χ2v) is 6.93. The van der Waals surface area contributed by atoms with Crippen LogP contribution in [0.3, 0.4) is 0 Å². The molecule has 2 aromatic carbocycles. The van der Waals surface area contributed by atoms with Crippen LogP contribution < -0.4 is 4.74 Å². The summed E-state index contributed by atoms with van der Waals surface area (Å²) in [7, 11) is 0. The van der Waals surface area contributed by atoms with Crippen LogP contribution in [-0.4, -0.2) is 53.4 Å². The molecule has 1 saturated heterocycles. The van der Waals surface area contributed by atoms with E-state index < -0.39 is 4.92 Å². The summed E-state index contributed by atoms with van der Waals surface area (Å²) >= 11 is 5.98. The number of nitriles is 1. The summed E-state index contributed by atoms with van der Waals surface area (Å²) in [5, 5.41) is 20.4. The molecule has 2 aromatic rings. The van der Waals surface area contributed by atoms with Crippen LogP contribution >= 0.6 is 11.6 Å². The molecule has 1 aliphatic heterocycles. The lowest BCUT2D eigenvalue weighted by atomic mass is 10.1. The molecule has 1 fully saturated rings. The van der Waals surface area contributed by atoms with Gasteiger partial charge < -0.3 is 9.64 Å². The largest absolute Gasteiger partial charge is 0.482 e. The van der Waals surface area contributed by atoms with Crippen LogP contribution in [0.25, 0.3) is 0 Å². The summed E-state index contributed by atoms with van der Waals surface area (Å²) in [5.41, 5.74) is 0.793. The van der Waals surface area contributed by atoms with E-state index in [0.717, 1.165) is 5.56 Å². The fourth-order valence-electron chi connectivity index (χ4n) is 3.18. The molecule has 29 heavy (non-hydrogen) atoms. The molecule has 9 heteroatoms. The third-order valence-corrected chi connectivity index (χ3v) is 5.04. The average Bonchev–Trinajstić information content (AvgIpc) is 2.74. The zero-order chi connectivity index (χ0) is 20.8. The van der Waals surface area contributed by atoms with Gasteiger partial charge in [-0.3, -0.25) is 19.8 Å². The highest BCUT2D eigenvalue weighted by atomic mass is 35.5. The Morgan fingerprint density at radius 1 is 1.21 bits per heavy atom. The average molecular weight is 415 g/mol. The number of amides is 1. The van der Waals surface area contributed by atoms with E-state index in [9.17, 15) is 20.2 Å². The molecule has 150 valence electrons. The minimum atomic E-state index is -0.551. The van der Waals surface area contributed by atoms with Crippen molar-refractivity contribution in [3.8, 4) is 11.8 Å². The smallest absolute Gasteiger partial charge is 0.271 e. The minimum Gasteiger partial charge on any atom is -0.482 e. The molecule has 1 atom stereocenters. The zero-order valence-corrected chi connectivity index (χ0v) is 16.3. The van der Waals surface area contributed by atoms with Crippen LogP contribution in [0, 0.1) is 21.4 Å².